The van der Waals surface area contributed by atoms with Crippen molar-refractivity contribution in [2.24, 2.45) is 5.73 Å². The first-order valence-electron chi connectivity index (χ1n) is 5.49. The molecule has 4 nitrogen and oxygen atoms in total. The SMILES string of the molecule is NC(=O)c1cc(Nc2cc(Cl)ccc2F)c(F)cc1N. The average Bonchev–Trinajstić information content (AvgIpc) is 2.36. The van der Waals surface area contributed by atoms with Crippen molar-refractivity contribution in [3.8, 4) is 0 Å². The Labute approximate surface area is 118 Å². The number of carbonyl (C=O) groups is 1. The average molecular weight is 298 g/mol. The molecular weight excluding hydrogens is 288 g/mol. The zero-order valence-electron chi connectivity index (χ0n) is 10.1. The van der Waals surface area contributed by atoms with Crippen LogP contribution in [0.5, 0.6) is 0 Å². The number of nitrogens with one attached hydrogen (secondary N) is 1. The second kappa shape index (κ2) is 5.34. The predicted octanol–water partition coefficient (Wildman–Crippen LogP) is 3.04. The third-order valence-electron chi connectivity index (χ3n) is 2.60. The van der Waals surface area contributed by atoms with Gasteiger partial charge in [-0.25, -0.2) is 8.78 Å². The number of anilines is 3. The molecule has 0 saturated heterocycles. The highest BCUT2D eigenvalue weighted by molar-refractivity contribution is 6.30. The molecule has 0 aliphatic heterocycles. The Morgan fingerprint density at radius 3 is 2.40 bits per heavy atom. The molecule has 0 aliphatic carbocycles. The van der Waals surface area contributed by atoms with Gasteiger partial charge in [-0.1, -0.05) is 11.6 Å². The Balaban J connectivity index is 2.45. The minimum absolute atomic E-state index is 0.0309. The molecule has 0 saturated carbocycles. The van der Waals surface area contributed by atoms with E-state index in [4.69, 9.17) is 23.1 Å². The fourth-order valence-corrected chi connectivity index (χ4v) is 1.81. The zero-order chi connectivity index (χ0) is 14.9. The third-order valence-corrected chi connectivity index (χ3v) is 2.84. The van der Waals surface area contributed by atoms with Gasteiger partial charge in [-0.2, -0.15) is 0 Å². The highest BCUT2D eigenvalue weighted by Crippen LogP contribution is 2.28. The standard InChI is InChI=1S/C13H10ClF2N3O/c14-6-1-2-8(15)11(3-6)19-12-4-7(13(18)20)10(17)5-9(12)16/h1-5,19H,17H2,(H2,18,20). The Morgan fingerprint density at radius 1 is 1.10 bits per heavy atom. The molecule has 2 rings (SSSR count). The van der Waals surface area contributed by atoms with Crippen molar-refractivity contribution in [3.05, 3.63) is 52.6 Å². The van der Waals surface area contributed by atoms with E-state index in [0.717, 1.165) is 18.2 Å². The summed E-state index contributed by atoms with van der Waals surface area (Å²) in [6.45, 7) is 0. The van der Waals surface area contributed by atoms with Gasteiger partial charge in [-0.15, -0.1) is 0 Å². The molecule has 5 N–H and O–H groups in total. The molecule has 7 heteroatoms. The molecule has 2 aromatic rings. The lowest BCUT2D eigenvalue weighted by Crippen LogP contribution is -2.14. The quantitative estimate of drug-likeness (QED) is 0.762. The van der Waals surface area contributed by atoms with Crippen LogP contribution in [0.25, 0.3) is 0 Å². The van der Waals surface area contributed by atoms with E-state index in [-0.39, 0.29) is 27.6 Å². The maximum atomic E-state index is 13.8. The van der Waals surface area contributed by atoms with E-state index in [1.54, 1.807) is 0 Å². The summed E-state index contributed by atoms with van der Waals surface area (Å²) >= 11 is 5.74. The number of nitrogens with two attached hydrogens (primary N) is 2. The van der Waals surface area contributed by atoms with Crippen molar-refractivity contribution in [2.45, 2.75) is 0 Å². The number of amides is 1. The topological polar surface area (TPSA) is 81.1 Å². The molecule has 1 amide bonds. The van der Waals surface area contributed by atoms with E-state index in [0.29, 0.717) is 0 Å². The van der Waals surface area contributed by atoms with Crippen molar-refractivity contribution < 1.29 is 13.6 Å². The van der Waals surface area contributed by atoms with Crippen LogP contribution in [0.1, 0.15) is 10.4 Å². The lowest BCUT2D eigenvalue weighted by Gasteiger charge is -2.11. The van der Waals surface area contributed by atoms with E-state index in [2.05, 4.69) is 5.32 Å². The Morgan fingerprint density at radius 2 is 1.75 bits per heavy atom. The number of halogens is 3. The third kappa shape index (κ3) is 2.80. The van der Waals surface area contributed by atoms with Crippen LogP contribution in [0.3, 0.4) is 0 Å². The minimum Gasteiger partial charge on any atom is -0.398 e. The van der Waals surface area contributed by atoms with Crippen molar-refractivity contribution in [3.63, 3.8) is 0 Å². The largest absolute Gasteiger partial charge is 0.398 e. The normalized spacial score (nSPS) is 10.3. The molecule has 0 aliphatic rings. The van der Waals surface area contributed by atoms with Crippen LogP contribution in [0.2, 0.25) is 5.02 Å². The number of nitrogen functional groups attached to an aromatic ring is 1. The number of carbonyl (C=O) groups excluding carboxylic acids is 1. The molecular formula is C13H10ClF2N3O. The molecule has 0 unspecified atom stereocenters. The Hall–Kier alpha value is -2.34. The molecule has 0 heterocycles. The molecule has 104 valence electrons. The van der Waals surface area contributed by atoms with Gasteiger partial charge in [0.15, 0.2) is 0 Å². The summed E-state index contributed by atoms with van der Waals surface area (Å²) in [5.74, 6) is -2.17. The van der Waals surface area contributed by atoms with Gasteiger partial charge in [-0.3, -0.25) is 4.79 Å². The predicted molar refractivity (Wildman–Crippen MR) is 74.0 cm³/mol. The molecule has 0 fully saturated rings. The van der Waals surface area contributed by atoms with E-state index in [1.165, 1.54) is 12.1 Å². The summed E-state index contributed by atoms with van der Waals surface area (Å²) in [5, 5.41) is 2.78. The first-order valence-corrected chi connectivity index (χ1v) is 5.87. The fraction of sp³-hybridized carbons (Fsp3) is 0. The lowest BCUT2D eigenvalue weighted by atomic mass is 10.1. The van der Waals surface area contributed by atoms with Gasteiger partial charge in [-0.05, 0) is 30.3 Å². The molecule has 20 heavy (non-hydrogen) atoms. The maximum Gasteiger partial charge on any atom is 0.250 e. The van der Waals surface area contributed by atoms with Crippen LogP contribution in [-0.2, 0) is 0 Å². The number of hydrogen-bond acceptors (Lipinski definition) is 3. The lowest BCUT2D eigenvalue weighted by molar-refractivity contribution is 0.100. The summed E-state index contributed by atoms with van der Waals surface area (Å²) in [7, 11) is 0. The van der Waals surface area contributed by atoms with Crippen molar-refractivity contribution in [2.75, 3.05) is 11.1 Å². The zero-order valence-corrected chi connectivity index (χ0v) is 10.8. The monoisotopic (exact) mass is 297 g/mol. The number of benzene rings is 2. The Kier molecular flexibility index (Phi) is 3.76. The van der Waals surface area contributed by atoms with Crippen molar-refractivity contribution >= 4 is 34.6 Å². The molecule has 2 aromatic carbocycles. The van der Waals surface area contributed by atoms with E-state index < -0.39 is 17.5 Å². The highest BCUT2D eigenvalue weighted by Gasteiger charge is 2.13. The van der Waals surface area contributed by atoms with E-state index >= 15 is 0 Å². The van der Waals surface area contributed by atoms with Gasteiger partial charge < -0.3 is 16.8 Å². The van der Waals surface area contributed by atoms with Gasteiger partial charge in [0.25, 0.3) is 5.91 Å². The van der Waals surface area contributed by atoms with Crippen molar-refractivity contribution in [1.82, 2.24) is 0 Å². The van der Waals surface area contributed by atoms with Crippen LogP contribution in [-0.4, -0.2) is 5.91 Å². The highest BCUT2D eigenvalue weighted by atomic mass is 35.5. The summed E-state index contributed by atoms with van der Waals surface area (Å²) in [6, 6.07) is 5.83. The smallest absolute Gasteiger partial charge is 0.250 e. The molecule has 0 radical (unpaired) electrons. The van der Waals surface area contributed by atoms with Gasteiger partial charge in [0, 0.05) is 10.7 Å². The van der Waals surface area contributed by atoms with E-state index in [9.17, 15) is 13.6 Å². The second-order valence-corrected chi connectivity index (χ2v) is 4.47. The van der Waals surface area contributed by atoms with Gasteiger partial charge >= 0.3 is 0 Å². The molecule has 0 spiro atoms. The van der Waals surface area contributed by atoms with E-state index in [1.807, 2.05) is 0 Å². The summed E-state index contributed by atoms with van der Waals surface area (Å²) in [4.78, 5) is 11.2. The maximum absolute atomic E-state index is 13.8. The molecule has 0 bridgehead atoms. The molecule has 0 aromatic heterocycles. The second-order valence-electron chi connectivity index (χ2n) is 4.03. The Bertz CT molecular complexity index is 692. The first kappa shape index (κ1) is 14.1. The fourth-order valence-electron chi connectivity index (χ4n) is 1.64. The number of hydrogen-bond donors (Lipinski definition) is 3. The minimum atomic E-state index is -0.808. The summed E-state index contributed by atoms with van der Waals surface area (Å²) < 4.78 is 27.3. The molecule has 0 atom stereocenters. The summed E-state index contributed by atoms with van der Waals surface area (Å²) in [5.41, 5.74) is 10.3. The van der Waals surface area contributed by atoms with Gasteiger partial charge in [0.05, 0.1) is 16.9 Å². The number of rotatable bonds is 3. The number of primary amides is 1. The van der Waals surface area contributed by atoms with Gasteiger partial charge in [0.1, 0.15) is 11.6 Å². The summed E-state index contributed by atoms with van der Waals surface area (Å²) in [6.07, 6.45) is 0. The van der Waals surface area contributed by atoms with Gasteiger partial charge in [0.2, 0.25) is 0 Å². The van der Waals surface area contributed by atoms with Crippen LogP contribution in [0.4, 0.5) is 25.8 Å². The van der Waals surface area contributed by atoms with Crippen molar-refractivity contribution in [1.29, 1.82) is 0 Å². The van der Waals surface area contributed by atoms with Crippen LogP contribution in [0, 0.1) is 11.6 Å². The first-order chi connectivity index (χ1) is 9.38. The van der Waals surface area contributed by atoms with Crippen LogP contribution < -0.4 is 16.8 Å². The van der Waals surface area contributed by atoms with Crippen LogP contribution in [0.15, 0.2) is 30.3 Å². The van der Waals surface area contributed by atoms with Crippen LogP contribution >= 0.6 is 11.6 Å².